The first kappa shape index (κ1) is 18.8. The van der Waals surface area contributed by atoms with Gasteiger partial charge in [-0.25, -0.2) is 4.79 Å². The number of urea groups is 1. The van der Waals surface area contributed by atoms with E-state index in [4.69, 9.17) is 0 Å². The second-order valence-electron chi connectivity index (χ2n) is 6.80. The Morgan fingerprint density at radius 2 is 1.73 bits per heavy atom. The molecule has 0 unspecified atom stereocenters. The third-order valence-electron chi connectivity index (χ3n) is 5.09. The number of rotatable bonds is 4. The first-order valence-corrected chi connectivity index (χ1v) is 9.92. The maximum absolute atomic E-state index is 12.4. The Labute approximate surface area is 164 Å². The maximum atomic E-state index is 12.4. The first-order chi connectivity index (χ1) is 12.5. The minimum absolute atomic E-state index is 0.0442. The molecule has 2 aromatic carbocycles. The molecule has 2 amide bonds. The molecule has 0 bridgehead atoms. The summed E-state index contributed by atoms with van der Waals surface area (Å²) in [6.45, 7) is 8.27. The van der Waals surface area contributed by atoms with Crippen LogP contribution in [0.4, 0.5) is 10.5 Å². The van der Waals surface area contributed by atoms with Gasteiger partial charge in [0.1, 0.15) is 0 Å². The summed E-state index contributed by atoms with van der Waals surface area (Å²) in [4.78, 5) is 16.7. The number of nitrogens with zero attached hydrogens (tertiary/aromatic N) is 2. The summed E-state index contributed by atoms with van der Waals surface area (Å²) in [5, 5.41) is 3.05. The quantitative estimate of drug-likeness (QED) is 0.813. The van der Waals surface area contributed by atoms with Gasteiger partial charge in [-0.1, -0.05) is 40.2 Å². The second-order valence-corrected chi connectivity index (χ2v) is 7.72. The fraction of sp³-hybridized carbons (Fsp3) is 0.381. The standard InChI is InChI=1S/C21H26BrN3O/c1-16-4-3-5-20(17(16)2)24-12-14-25(15-13-24)21(26)23-11-10-18-6-8-19(22)9-7-18/h3-9H,10-15H2,1-2H3,(H,23,26). The largest absolute Gasteiger partial charge is 0.368 e. The zero-order valence-corrected chi connectivity index (χ0v) is 17.1. The predicted molar refractivity (Wildman–Crippen MR) is 111 cm³/mol. The van der Waals surface area contributed by atoms with Crippen LogP contribution in [0.2, 0.25) is 0 Å². The van der Waals surface area contributed by atoms with Crippen molar-refractivity contribution in [3.63, 3.8) is 0 Å². The molecule has 1 aliphatic heterocycles. The molecule has 5 heteroatoms. The van der Waals surface area contributed by atoms with E-state index in [1.165, 1.54) is 22.4 Å². The van der Waals surface area contributed by atoms with Gasteiger partial charge >= 0.3 is 6.03 Å². The summed E-state index contributed by atoms with van der Waals surface area (Å²) >= 11 is 3.44. The van der Waals surface area contributed by atoms with E-state index >= 15 is 0 Å². The van der Waals surface area contributed by atoms with E-state index in [1.54, 1.807) is 0 Å². The van der Waals surface area contributed by atoms with Crippen LogP contribution >= 0.6 is 15.9 Å². The topological polar surface area (TPSA) is 35.6 Å². The number of hydrogen-bond donors (Lipinski definition) is 1. The fourth-order valence-electron chi connectivity index (χ4n) is 3.31. The molecule has 1 heterocycles. The molecule has 0 spiro atoms. The summed E-state index contributed by atoms with van der Waals surface area (Å²) in [5.74, 6) is 0. The lowest BCUT2D eigenvalue weighted by Crippen LogP contribution is -2.52. The average molecular weight is 416 g/mol. The Morgan fingerprint density at radius 3 is 2.42 bits per heavy atom. The van der Waals surface area contributed by atoms with E-state index in [2.05, 4.69) is 70.3 Å². The summed E-state index contributed by atoms with van der Waals surface area (Å²) < 4.78 is 1.08. The van der Waals surface area contributed by atoms with Gasteiger partial charge in [-0.05, 0) is 55.2 Å². The lowest BCUT2D eigenvalue weighted by Gasteiger charge is -2.37. The van der Waals surface area contributed by atoms with Crippen LogP contribution in [0.15, 0.2) is 46.9 Å². The van der Waals surface area contributed by atoms with Crippen LogP contribution in [-0.2, 0) is 6.42 Å². The summed E-state index contributed by atoms with van der Waals surface area (Å²) in [6.07, 6.45) is 0.849. The van der Waals surface area contributed by atoms with E-state index in [1.807, 2.05) is 17.0 Å². The normalized spacial score (nSPS) is 14.4. The molecule has 0 aliphatic carbocycles. The van der Waals surface area contributed by atoms with Crippen LogP contribution in [0.25, 0.3) is 0 Å². The highest BCUT2D eigenvalue weighted by atomic mass is 79.9. The smallest absolute Gasteiger partial charge is 0.317 e. The zero-order valence-electron chi connectivity index (χ0n) is 15.5. The molecule has 2 aromatic rings. The Morgan fingerprint density at radius 1 is 1.04 bits per heavy atom. The van der Waals surface area contributed by atoms with Gasteiger partial charge < -0.3 is 15.1 Å². The van der Waals surface area contributed by atoms with E-state index < -0.39 is 0 Å². The van der Waals surface area contributed by atoms with Crippen LogP contribution in [0.1, 0.15) is 16.7 Å². The molecule has 3 rings (SSSR count). The van der Waals surface area contributed by atoms with Crippen molar-refractivity contribution in [1.29, 1.82) is 0 Å². The van der Waals surface area contributed by atoms with Gasteiger partial charge in [0.15, 0.2) is 0 Å². The third-order valence-corrected chi connectivity index (χ3v) is 5.62. The van der Waals surface area contributed by atoms with Crippen molar-refractivity contribution >= 4 is 27.6 Å². The molecule has 26 heavy (non-hydrogen) atoms. The Balaban J connectivity index is 1.46. The SMILES string of the molecule is Cc1cccc(N2CCN(C(=O)NCCc3ccc(Br)cc3)CC2)c1C. The van der Waals surface area contributed by atoms with Crippen LogP contribution in [0.3, 0.4) is 0 Å². The van der Waals surface area contributed by atoms with Gasteiger partial charge in [0, 0.05) is 42.9 Å². The highest BCUT2D eigenvalue weighted by molar-refractivity contribution is 9.10. The fourth-order valence-corrected chi connectivity index (χ4v) is 3.57. The Hall–Kier alpha value is -2.01. The number of halogens is 1. The summed E-state index contributed by atoms with van der Waals surface area (Å²) in [5.41, 5.74) is 5.17. The van der Waals surface area contributed by atoms with E-state index in [0.29, 0.717) is 6.54 Å². The van der Waals surface area contributed by atoms with E-state index in [-0.39, 0.29) is 6.03 Å². The summed E-state index contributed by atoms with van der Waals surface area (Å²) in [6, 6.07) is 14.7. The van der Waals surface area contributed by atoms with Crippen LogP contribution in [-0.4, -0.2) is 43.7 Å². The van der Waals surface area contributed by atoms with Gasteiger partial charge in [-0.3, -0.25) is 0 Å². The molecule has 0 aromatic heterocycles. The number of benzene rings is 2. The molecule has 1 aliphatic rings. The number of aryl methyl sites for hydroxylation is 1. The highest BCUT2D eigenvalue weighted by Gasteiger charge is 2.22. The van der Waals surface area contributed by atoms with Crippen molar-refractivity contribution in [3.05, 3.63) is 63.6 Å². The minimum Gasteiger partial charge on any atom is -0.368 e. The number of anilines is 1. The number of nitrogens with one attached hydrogen (secondary N) is 1. The van der Waals surface area contributed by atoms with Crippen molar-refractivity contribution < 1.29 is 4.79 Å². The first-order valence-electron chi connectivity index (χ1n) is 9.13. The van der Waals surface area contributed by atoms with Gasteiger partial charge in [0.05, 0.1) is 0 Å². The molecule has 0 saturated carbocycles. The number of hydrogen-bond acceptors (Lipinski definition) is 2. The molecular formula is C21H26BrN3O. The van der Waals surface area contributed by atoms with Crippen molar-refractivity contribution in [2.24, 2.45) is 0 Å². The van der Waals surface area contributed by atoms with Crippen LogP contribution in [0, 0.1) is 13.8 Å². The molecule has 1 saturated heterocycles. The Bertz CT molecular complexity index is 752. The van der Waals surface area contributed by atoms with E-state index in [9.17, 15) is 4.79 Å². The van der Waals surface area contributed by atoms with Gasteiger partial charge in [-0.15, -0.1) is 0 Å². The molecule has 138 valence electrons. The molecule has 0 radical (unpaired) electrons. The van der Waals surface area contributed by atoms with Crippen LogP contribution < -0.4 is 10.2 Å². The monoisotopic (exact) mass is 415 g/mol. The van der Waals surface area contributed by atoms with Gasteiger partial charge in [0.2, 0.25) is 0 Å². The number of carbonyl (C=O) groups is 1. The number of piperazine rings is 1. The van der Waals surface area contributed by atoms with Crippen molar-refractivity contribution in [2.75, 3.05) is 37.6 Å². The molecule has 4 nitrogen and oxygen atoms in total. The lowest BCUT2D eigenvalue weighted by atomic mass is 10.1. The number of amides is 2. The maximum Gasteiger partial charge on any atom is 0.317 e. The number of carbonyl (C=O) groups excluding carboxylic acids is 1. The molecular weight excluding hydrogens is 390 g/mol. The lowest BCUT2D eigenvalue weighted by molar-refractivity contribution is 0.194. The minimum atomic E-state index is 0.0442. The highest BCUT2D eigenvalue weighted by Crippen LogP contribution is 2.23. The van der Waals surface area contributed by atoms with Crippen molar-refractivity contribution in [3.8, 4) is 0 Å². The molecule has 0 atom stereocenters. The Kier molecular flexibility index (Phi) is 6.20. The van der Waals surface area contributed by atoms with Crippen LogP contribution in [0.5, 0.6) is 0 Å². The molecule has 1 N–H and O–H groups in total. The molecule has 1 fully saturated rings. The van der Waals surface area contributed by atoms with Gasteiger partial charge in [0.25, 0.3) is 0 Å². The summed E-state index contributed by atoms with van der Waals surface area (Å²) in [7, 11) is 0. The average Bonchev–Trinajstić information content (AvgIpc) is 2.66. The zero-order chi connectivity index (χ0) is 18.5. The van der Waals surface area contributed by atoms with Crippen molar-refractivity contribution in [1.82, 2.24) is 10.2 Å². The second kappa shape index (κ2) is 8.58. The third kappa shape index (κ3) is 4.58. The van der Waals surface area contributed by atoms with Gasteiger partial charge in [-0.2, -0.15) is 0 Å². The van der Waals surface area contributed by atoms with E-state index in [0.717, 1.165) is 37.1 Å². The predicted octanol–water partition coefficient (Wildman–Crippen LogP) is 4.14. The van der Waals surface area contributed by atoms with Crippen molar-refractivity contribution in [2.45, 2.75) is 20.3 Å².